The fraction of sp³-hybridized carbons (Fsp3) is 0.455. The van der Waals surface area contributed by atoms with E-state index in [0.29, 0.717) is 25.3 Å². The molecule has 2 aliphatic rings. The molecule has 31 heavy (non-hydrogen) atoms. The lowest BCUT2D eigenvalue weighted by Crippen LogP contribution is -2.37. The molecule has 9 heteroatoms. The van der Waals surface area contributed by atoms with Gasteiger partial charge in [-0.3, -0.25) is 4.79 Å². The van der Waals surface area contributed by atoms with E-state index in [1.807, 2.05) is 6.07 Å². The maximum atomic E-state index is 13.2. The number of halogens is 2. The third-order valence-electron chi connectivity index (χ3n) is 5.38. The van der Waals surface area contributed by atoms with E-state index in [2.05, 4.69) is 14.6 Å². The Balaban J connectivity index is 1.48. The maximum absolute atomic E-state index is 13.2. The molecular formula is C22H25F2N3O4. The molecule has 0 bridgehead atoms. The van der Waals surface area contributed by atoms with Gasteiger partial charge in [-0.15, -0.1) is 0 Å². The van der Waals surface area contributed by atoms with Gasteiger partial charge in [0.1, 0.15) is 5.82 Å². The fourth-order valence-corrected chi connectivity index (χ4v) is 3.61. The van der Waals surface area contributed by atoms with Crippen LogP contribution in [0.3, 0.4) is 0 Å². The van der Waals surface area contributed by atoms with Crippen molar-refractivity contribution in [3.05, 3.63) is 47.7 Å². The number of anilines is 1. The highest BCUT2D eigenvalue weighted by Gasteiger charge is 2.33. The van der Waals surface area contributed by atoms with Crippen LogP contribution < -0.4 is 14.4 Å². The summed E-state index contributed by atoms with van der Waals surface area (Å²) >= 11 is 0. The molecule has 0 unspecified atom stereocenters. The van der Waals surface area contributed by atoms with E-state index in [9.17, 15) is 13.6 Å². The van der Waals surface area contributed by atoms with Crippen LogP contribution in [0.15, 0.2) is 36.5 Å². The van der Waals surface area contributed by atoms with Gasteiger partial charge in [0.2, 0.25) is 0 Å². The van der Waals surface area contributed by atoms with Crippen molar-refractivity contribution >= 4 is 11.7 Å². The molecule has 0 atom stereocenters. The number of ether oxygens (including phenoxy) is 3. The van der Waals surface area contributed by atoms with E-state index >= 15 is 0 Å². The largest absolute Gasteiger partial charge is 0.493 e. The molecule has 0 spiro atoms. The molecule has 1 aromatic carbocycles. The Hall–Kier alpha value is -2.94. The number of pyridine rings is 1. The minimum atomic E-state index is -2.93. The number of amides is 1. The maximum Gasteiger partial charge on any atom is 0.387 e. The molecule has 0 radical (unpaired) electrons. The number of rotatable bonds is 8. The van der Waals surface area contributed by atoms with Gasteiger partial charge in [-0.2, -0.15) is 8.78 Å². The first-order valence-corrected chi connectivity index (χ1v) is 10.3. The standard InChI is InChI=1S/C22H25F2N3O4/c1-29-19-12-15(2-6-18(19)31-22(23)24)14-27(17-4-5-17)21(28)16-3-7-20(25-13-16)26-8-10-30-11-9-26/h2-3,6-7,12-13,17,22H,4-5,8-11,14H2,1H3. The Labute approximate surface area is 179 Å². The van der Waals surface area contributed by atoms with Crippen LogP contribution in [0.25, 0.3) is 0 Å². The normalized spacial score (nSPS) is 16.3. The first-order valence-electron chi connectivity index (χ1n) is 10.3. The van der Waals surface area contributed by atoms with Crippen LogP contribution in [0.1, 0.15) is 28.8 Å². The number of morpholine rings is 1. The molecule has 7 nitrogen and oxygen atoms in total. The van der Waals surface area contributed by atoms with Crippen LogP contribution in [0.5, 0.6) is 11.5 Å². The summed E-state index contributed by atoms with van der Waals surface area (Å²) in [7, 11) is 1.39. The predicted octanol–water partition coefficient (Wildman–Crippen LogP) is 3.33. The summed E-state index contributed by atoms with van der Waals surface area (Å²) in [5.74, 6) is 0.901. The zero-order chi connectivity index (χ0) is 21.8. The van der Waals surface area contributed by atoms with Gasteiger partial charge >= 0.3 is 6.61 Å². The average molecular weight is 433 g/mol. The SMILES string of the molecule is COc1cc(CN(C(=O)c2ccc(N3CCOCC3)nc2)C2CC2)ccc1OC(F)F. The molecule has 4 rings (SSSR count). The number of benzene rings is 1. The lowest BCUT2D eigenvalue weighted by molar-refractivity contribution is -0.0512. The quantitative estimate of drug-likeness (QED) is 0.636. The minimum absolute atomic E-state index is 0.0338. The van der Waals surface area contributed by atoms with E-state index in [-0.39, 0.29) is 23.4 Å². The number of carbonyl (C=O) groups excluding carboxylic acids is 1. The summed E-state index contributed by atoms with van der Waals surface area (Å²) in [5.41, 5.74) is 1.30. The second-order valence-corrected chi connectivity index (χ2v) is 7.53. The van der Waals surface area contributed by atoms with Gasteiger partial charge in [0.25, 0.3) is 5.91 Å². The molecule has 1 aliphatic heterocycles. The van der Waals surface area contributed by atoms with Crippen LogP contribution in [0, 0.1) is 0 Å². The molecule has 1 saturated heterocycles. The monoisotopic (exact) mass is 433 g/mol. The Morgan fingerprint density at radius 2 is 2.00 bits per heavy atom. The Kier molecular flexibility index (Phi) is 6.50. The summed E-state index contributed by atoms with van der Waals surface area (Å²) in [6, 6.07) is 8.56. The Morgan fingerprint density at radius 3 is 2.61 bits per heavy atom. The molecule has 0 N–H and O–H groups in total. The van der Waals surface area contributed by atoms with E-state index in [4.69, 9.17) is 9.47 Å². The van der Waals surface area contributed by atoms with E-state index in [0.717, 1.165) is 37.3 Å². The van der Waals surface area contributed by atoms with Crippen molar-refractivity contribution in [3.8, 4) is 11.5 Å². The van der Waals surface area contributed by atoms with Crippen molar-refractivity contribution in [3.63, 3.8) is 0 Å². The van der Waals surface area contributed by atoms with Crippen molar-refractivity contribution in [1.29, 1.82) is 0 Å². The number of aromatic nitrogens is 1. The highest BCUT2D eigenvalue weighted by Crippen LogP contribution is 2.33. The van der Waals surface area contributed by atoms with Crippen LogP contribution in [-0.4, -0.2) is 61.9 Å². The van der Waals surface area contributed by atoms with Gasteiger partial charge in [0.15, 0.2) is 11.5 Å². The van der Waals surface area contributed by atoms with Gasteiger partial charge in [0.05, 0.1) is 25.9 Å². The topological polar surface area (TPSA) is 64.1 Å². The number of hydrogen-bond donors (Lipinski definition) is 0. The van der Waals surface area contributed by atoms with Crippen molar-refractivity contribution in [2.75, 3.05) is 38.3 Å². The second-order valence-electron chi connectivity index (χ2n) is 7.53. The number of carbonyl (C=O) groups is 1. The lowest BCUT2D eigenvalue weighted by Gasteiger charge is -2.28. The first kappa shape index (κ1) is 21.3. The number of hydrogen-bond acceptors (Lipinski definition) is 6. The summed E-state index contributed by atoms with van der Waals surface area (Å²) in [4.78, 5) is 21.6. The molecule has 1 aliphatic carbocycles. The first-order chi connectivity index (χ1) is 15.0. The van der Waals surface area contributed by atoms with Gasteiger partial charge in [-0.25, -0.2) is 4.98 Å². The second kappa shape index (κ2) is 9.47. The Morgan fingerprint density at radius 1 is 1.23 bits per heavy atom. The van der Waals surface area contributed by atoms with E-state index in [1.165, 1.54) is 13.2 Å². The number of nitrogens with zero attached hydrogens (tertiary/aromatic N) is 3. The zero-order valence-electron chi connectivity index (χ0n) is 17.3. The van der Waals surface area contributed by atoms with Gasteiger partial charge in [0, 0.05) is 31.9 Å². The molecule has 1 saturated carbocycles. The van der Waals surface area contributed by atoms with Gasteiger partial charge < -0.3 is 24.0 Å². The van der Waals surface area contributed by atoms with E-state index < -0.39 is 6.61 Å². The Bertz CT molecular complexity index is 900. The predicted molar refractivity (Wildman–Crippen MR) is 110 cm³/mol. The van der Waals surface area contributed by atoms with E-state index in [1.54, 1.807) is 29.3 Å². The van der Waals surface area contributed by atoms with Crippen molar-refractivity contribution in [2.45, 2.75) is 32.0 Å². The lowest BCUT2D eigenvalue weighted by atomic mass is 10.1. The number of methoxy groups -OCH3 is 1. The van der Waals surface area contributed by atoms with Crippen LogP contribution >= 0.6 is 0 Å². The zero-order valence-corrected chi connectivity index (χ0v) is 17.3. The van der Waals surface area contributed by atoms with Gasteiger partial charge in [-0.05, 0) is 42.7 Å². The van der Waals surface area contributed by atoms with Crippen molar-refractivity contribution < 1.29 is 27.8 Å². The molecule has 2 aromatic rings. The van der Waals surface area contributed by atoms with Crippen LogP contribution in [0.2, 0.25) is 0 Å². The minimum Gasteiger partial charge on any atom is -0.493 e. The van der Waals surface area contributed by atoms with Crippen LogP contribution in [0.4, 0.5) is 14.6 Å². The molecule has 166 valence electrons. The summed E-state index contributed by atoms with van der Waals surface area (Å²) in [5, 5.41) is 0. The molecule has 2 heterocycles. The molecular weight excluding hydrogens is 408 g/mol. The number of alkyl halides is 2. The molecule has 2 fully saturated rings. The highest BCUT2D eigenvalue weighted by atomic mass is 19.3. The highest BCUT2D eigenvalue weighted by molar-refractivity contribution is 5.94. The smallest absolute Gasteiger partial charge is 0.387 e. The molecule has 1 amide bonds. The van der Waals surface area contributed by atoms with Crippen molar-refractivity contribution in [2.24, 2.45) is 0 Å². The third kappa shape index (κ3) is 5.22. The fourth-order valence-electron chi connectivity index (χ4n) is 3.61. The van der Waals surface area contributed by atoms with Gasteiger partial charge in [-0.1, -0.05) is 6.07 Å². The third-order valence-corrected chi connectivity index (χ3v) is 5.38. The summed E-state index contributed by atoms with van der Waals surface area (Å²) in [6.07, 6.45) is 3.49. The average Bonchev–Trinajstić information content (AvgIpc) is 3.63. The van der Waals surface area contributed by atoms with Crippen molar-refractivity contribution in [1.82, 2.24) is 9.88 Å². The molecule has 1 aromatic heterocycles. The summed E-state index contributed by atoms with van der Waals surface area (Å²) < 4.78 is 40.1. The summed E-state index contributed by atoms with van der Waals surface area (Å²) in [6.45, 7) is 0.311. The van der Waals surface area contributed by atoms with Crippen LogP contribution in [-0.2, 0) is 11.3 Å².